The quantitative estimate of drug-likeness (QED) is 0.528. The summed E-state index contributed by atoms with van der Waals surface area (Å²) in [5.41, 5.74) is 4.92. The first kappa shape index (κ1) is 16.3. The fourth-order valence-electron chi connectivity index (χ4n) is 1.97. The lowest BCUT2D eigenvalue weighted by Gasteiger charge is -2.27. The number of hydrogen-bond donors (Lipinski definition) is 2. The number of carbonyl (C=O) groups excluding carboxylic acids is 1. The summed E-state index contributed by atoms with van der Waals surface area (Å²) in [6, 6.07) is 0. The fraction of sp³-hybridized carbons (Fsp3) is 0.846. The van der Waals surface area contributed by atoms with Gasteiger partial charge >= 0.3 is 0 Å². The number of morpholine rings is 1. The lowest BCUT2D eigenvalue weighted by atomic mass is 9.86. The van der Waals surface area contributed by atoms with E-state index in [0.717, 1.165) is 39.3 Å². The van der Waals surface area contributed by atoms with Crippen molar-refractivity contribution in [2.24, 2.45) is 11.1 Å². The molecule has 6 heteroatoms. The number of nitrogens with zero attached hydrogens (tertiary/aromatic N) is 1. The molecule has 0 aliphatic carbocycles. The summed E-state index contributed by atoms with van der Waals surface area (Å²) in [5.74, 6) is -0.0653. The van der Waals surface area contributed by atoms with Crippen LogP contribution >= 0.6 is 12.2 Å². The zero-order chi connectivity index (χ0) is 14.3. The van der Waals surface area contributed by atoms with Crippen LogP contribution in [0.4, 0.5) is 0 Å². The number of thiocarbonyl (C=S) groups is 1. The van der Waals surface area contributed by atoms with Gasteiger partial charge in [-0.2, -0.15) is 0 Å². The molecule has 0 spiro atoms. The van der Waals surface area contributed by atoms with Crippen LogP contribution in [0, 0.1) is 5.41 Å². The summed E-state index contributed by atoms with van der Waals surface area (Å²) in [4.78, 5) is 14.7. The van der Waals surface area contributed by atoms with Crippen molar-refractivity contribution in [1.82, 2.24) is 10.2 Å². The molecule has 3 N–H and O–H groups in total. The van der Waals surface area contributed by atoms with Gasteiger partial charge < -0.3 is 15.8 Å². The molecule has 0 aromatic carbocycles. The van der Waals surface area contributed by atoms with Gasteiger partial charge in [-0.15, -0.1) is 0 Å². The summed E-state index contributed by atoms with van der Waals surface area (Å²) in [7, 11) is 0. The molecular formula is C13H25N3O2S. The standard InChI is InChI=1S/C13H25N3O2S/c1-3-13(2,11(14)19)12(17)15-5-4-6-16-7-9-18-10-8-16/h3-10H2,1-2H3,(H2,14,19)(H,15,17). The fourth-order valence-corrected chi connectivity index (χ4v) is 2.21. The first-order chi connectivity index (χ1) is 9.00. The van der Waals surface area contributed by atoms with Crippen molar-refractivity contribution in [1.29, 1.82) is 0 Å². The monoisotopic (exact) mass is 287 g/mol. The lowest BCUT2D eigenvalue weighted by molar-refractivity contribution is -0.127. The highest BCUT2D eigenvalue weighted by atomic mass is 32.1. The Morgan fingerprint density at radius 2 is 2.11 bits per heavy atom. The van der Waals surface area contributed by atoms with Crippen LogP contribution in [0.5, 0.6) is 0 Å². The Kier molecular flexibility index (Phi) is 6.68. The maximum atomic E-state index is 12.1. The van der Waals surface area contributed by atoms with Crippen molar-refractivity contribution in [3.05, 3.63) is 0 Å². The number of hydrogen-bond acceptors (Lipinski definition) is 4. The van der Waals surface area contributed by atoms with Crippen molar-refractivity contribution in [3.8, 4) is 0 Å². The summed E-state index contributed by atoms with van der Waals surface area (Å²) >= 11 is 4.98. The number of ether oxygens (including phenoxy) is 1. The molecule has 0 bridgehead atoms. The van der Waals surface area contributed by atoms with E-state index < -0.39 is 5.41 Å². The molecule has 1 atom stereocenters. The third kappa shape index (κ3) is 4.71. The van der Waals surface area contributed by atoms with E-state index in [1.165, 1.54) is 0 Å². The lowest BCUT2D eigenvalue weighted by Crippen LogP contribution is -2.47. The summed E-state index contributed by atoms with van der Waals surface area (Å²) in [5, 5.41) is 2.93. The second-order valence-electron chi connectivity index (χ2n) is 5.11. The molecule has 1 saturated heterocycles. The van der Waals surface area contributed by atoms with E-state index in [0.29, 0.717) is 13.0 Å². The average Bonchev–Trinajstić information content (AvgIpc) is 2.43. The van der Waals surface area contributed by atoms with Gasteiger partial charge in [-0.25, -0.2) is 0 Å². The highest BCUT2D eigenvalue weighted by Gasteiger charge is 2.34. The Balaban J connectivity index is 2.24. The Labute approximate surface area is 120 Å². The van der Waals surface area contributed by atoms with Crippen LogP contribution < -0.4 is 11.1 Å². The first-order valence-electron chi connectivity index (χ1n) is 6.89. The maximum absolute atomic E-state index is 12.1. The molecule has 0 aromatic heterocycles. The van der Waals surface area contributed by atoms with Gasteiger partial charge in [-0.05, 0) is 26.3 Å². The van der Waals surface area contributed by atoms with Crippen molar-refractivity contribution in [3.63, 3.8) is 0 Å². The largest absolute Gasteiger partial charge is 0.392 e. The summed E-state index contributed by atoms with van der Waals surface area (Å²) < 4.78 is 5.29. The van der Waals surface area contributed by atoms with E-state index in [-0.39, 0.29) is 10.9 Å². The number of carbonyl (C=O) groups is 1. The van der Waals surface area contributed by atoms with Crippen molar-refractivity contribution in [2.75, 3.05) is 39.4 Å². The third-order valence-corrected chi connectivity index (χ3v) is 4.24. The van der Waals surface area contributed by atoms with Crippen LogP contribution in [0.25, 0.3) is 0 Å². The Morgan fingerprint density at radius 1 is 1.47 bits per heavy atom. The van der Waals surface area contributed by atoms with E-state index in [9.17, 15) is 4.79 Å². The molecule has 19 heavy (non-hydrogen) atoms. The highest BCUT2D eigenvalue weighted by molar-refractivity contribution is 7.80. The SMILES string of the molecule is CCC(C)(C(=O)NCCCN1CCOCC1)C(N)=S. The van der Waals surface area contributed by atoms with Crippen molar-refractivity contribution < 1.29 is 9.53 Å². The average molecular weight is 287 g/mol. The van der Waals surface area contributed by atoms with Gasteiger partial charge in [-0.1, -0.05) is 19.1 Å². The van der Waals surface area contributed by atoms with Gasteiger partial charge in [0.1, 0.15) is 0 Å². The molecule has 1 rings (SSSR count). The van der Waals surface area contributed by atoms with E-state index in [4.69, 9.17) is 22.7 Å². The molecule has 1 unspecified atom stereocenters. The van der Waals surface area contributed by atoms with Crippen LogP contribution in [0.1, 0.15) is 26.7 Å². The van der Waals surface area contributed by atoms with Crippen LogP contribution in [0.3, 0.4) is 0 Å². The summed E-state index contributed by atoms with van der Waals surface area (Å²) in [6.07, 6.45) is 1.56. The second kappa shape index (κ2) is 7.77. The van der Waals surface area contributed by atoms with E-state index in [1.54, 1.807) is 6.92 Å². The minimum atomic E-state index is -0.728. The van der Waals surface area contributed by atoms with Crippen molar-refractivity contribution >= 4 is 23.1 Å². The van der Waals surface area contributed by atoms with Crippen LogP contribution in [-0.2, 0) is 9.53 Å². The molecule has 0 radical (unpaired) electrons. The normalized spacial score (nSPS) is 19.7. The first-order valence-corrected chi connectivity index (χ1v) is 7.30. The van der Waals surface area contributed by atoms with E-state index >= 15 is 0 Å². The zero-order valence-corrected chi connectivity index (χ0v) is 12.7. The second-order valence-corrected chi connectivity index (χ2v) is 5.55. The van der Waals surface area contributed by atoms with Gasteiger partial charge in [0.15, 0.2) is 0 Å². The zero-order valence-electron chi connectivity index (χ0n) is 11.9. The third-order valence-electron chi connectivity index (χ3n) is 3.79. The Hall–Kier alpha value is -0.720. The highest BCUT2D eigenvalue weighted by Crippen LogP contribution is 2.21. The van der Waals surface area contributed by atoms with Gasteiger partial charge in [0, 0.05) is 19.6 Å². The van der Waals surface area contributed by atoms with E-state index in [1.807, 2.05) is 6.92 Å². The minimum Gasteiger partial charge on any atom is -0.392 e. The molecule has 110 valence electrons. The molecule has 1 aliphatic heterocycles. The van der Waals surface area contributed by atoms with Gasteiger partial charge in [0.2, 0.25) is 5.91 Å². The maximum Gasteiger partial charge on any atom is 0.232 e. The predicted octanol–water partition coefficient (Wildman–Crippen LogP) is 0.527. The number of nitrogens with one attached hydrogen (secondary N) is 1. The number of rotatable bonds is 7. The molecule has 0 saturated carbocycles. The Morgan fingerprint density at radius 3 is 2.63 bits per heavy atom. The molecule has 0 aromatic rings. The van der Waals surface area contributed by atoms with Gasteiger partial charge in [0.25, 0.3) is 0 Å². The molecule has 1 fully saturated rings. The number of amides is 1. The predicted molar refractivity (Wildman–Crippen MR) is 80.1 cm³/mol. The van der Waals surface area contributed by atoms with Gasteiger partial charge in [0.05, 0.1) is 23.6 Å². The molecule has 5 nitrogen and oxygen atoms in total. The van der Waals surface area contributed by atoms with Gasteiger partial charge in [-0.3, -0.25) is 9.69 Å². The topological polar surface area (TPSA) is 67.6 Å². The molecule has 1 amide bonds. The number of nitrogens with two attached hydrogens (primary N) is 1. The smallest absolute Gasteiger partial charge is 0.232 e. The van der Waals surface area contributed by atoms with Crippen LogP contribution in [0.15, 0.2) is 0 Å². The molecular weight excluding hydrogens is 262 g/mol. The molecule has 1 heterocycles. The molecule has 1 aliphatic rings. The van der Waals surface area contributed by atoms with Crippen molar-refractivity contribution in [2.45, 2.75) is 26.7 Å². The minimum absolute atomic E-state index is 0.0653. The van der Waals surface area contributed by atoms with E-state index in [2.05, 4.69) is 10.2 Å². The van der Waals surface area contributed by atoms with Crippen LogP contribution in [-0.4, -0.2) is 55.2 Å². The summed E-state index contributed by atoms with van der Waals surface area (Å²) in [6.45, 7) is 8.94. The van der Waals surface area contributed by atoms with Crippen LogP contribution in [0.2, 0.25) is 0 Å². The Bertz CT molecular complexity index is 319.